The summed E-state index contributed by atoms with van der Waals surface area (Å²) >= 11 is 0. The van der Waals surface area contributed by atoms with E-state index in [1.54, 1.807) is 25.2 Å². The van der Waals surface area contributed by atoms with Crippen LogP contribution in [0.15, 0.2) is 24.3 Å². The van der Waals surface area contributed by atoms with Gasteiger partial charge in [-0.15, -0.1) is 6.42 Å². The summed E-state index contributed by atoms with van der Waals surface area (Å²) < 4.78 is 13.3. The van der Waals surface area contributed by atoms with E-state index in [0.29, 0.717) is 0 Å². The molecule has 0 aromatic heterocycles. The molecule has 0 aromatic rings. The van der Waals surface area contributed by atoms with Crippen molar-refractivity contribution in [3.8, 4) is 12.3 Å². The van der Waals surface area contributed by atoms with E-state index in [9.17, 15) is 4.39 Å². The van der Waals surface area contributed by atoms with Crippen LogP contribution in [0.3, 0.4) is 0 Å². The first-order chi connectivity index (χ1) is 4.69. The molecule has 1 aliphatic rings. The molecule has 0 heterocycles. The van der Waals surface area contributed by atoms with Gasteiger partial charge in [-0.05, 0) is 6.08 Å². The maximum Gasteiger partial charge on any atom is 0.195 e. The van der Waals surface area contributed by atoms with Crippen molar-refractivity contribution in [2.45, 2.75) is 12.6 Å². The zero-order chi connectivity index (χ0) is 7.61. The van der Waals surface area contributed by atoms with E-state index in [0.717, 1.165) is 0 Å². The predicted octanol–water partition coefficient (Wildman–Crippen LogP) is 2.09. The Morgan fingerprint density at radius 3 is 2.70 bits per heavy atom. The van der Waals surface area contributed by atoms with Gasteiger partial charge in [0.15, 0.2) is 5.67 Å². The molecular formula is C9H9F. The van der Waals surface area contributed by atoms with Gasteiger partial charge in [0.2, 0.25) is 0 Å². The summed E-state index contributed by atoms with van der Waals surface area (Å²) in [7, 11) is 0. The maximum atomic E-state index is 13.3. The minimum Gasteiger partial charge on any atom is -0.224 e. The summed E-state index contributed by atoms with van der Waals surface area (Å²) in [5.74, 6) is 1.92. The molecule has 1 rings (SSSR count). The maximum absolute atomic E-state index is 13.3. The molecule has 0 radical (unpaired) electrons. The van der Waals surface area contributed by atoms with E-state index in [4.69, 9.17) is 6.42 Å². The zero-order valence-electron chi connectivity index (χ0n) is 5.84. The van der Waals surface area contributed by atoms with E-state index in [1.165, 1.54) is 6.08 Å². The predicted molar refractivity (Wildman–Crippen MR) is 40.1 cm³/mol. The molecule has 1 heteroatoms. The fraction of sp³-hybridized carbons (Fsp3) is 0.333. The standard InChI is InChI=1S/C9H9F/c1-3-9(10)7-5-4-6-8(9)2/h1,4-8H,2H3. The quantitative estimate of drug-likeness (QED) is 0.447. The largest absolute Gasteiger partial charge is 0.224 e. The molecule has 2 unspecified atom stereocenters. The highest BCUT2D eigenvalue weighted by molar-refractivity contribution is 5.30. The Morgan fingerprint density at radius 2 is 2.30 bits per heavy atom. The molecular weight excluding hydrogens is 127 g/mol. The van der Waals surface area contributed by atoms with Gasteiger partial charge >= 0.3 is 0 Å². The summed E-state index contributed by atoms with van der Waals surface area (Å²) in [5.41, 5.74) is -1.56. The van der Waals surface area contributed by atoms with Crippen molar-refractivity contribution in [2.24, 2.45) is 5.92 Å². The lowest BCUT2D eigenvalue weighted by Crippen LogP contribution is -2.26. The smallest absolute Gasteiger partial charge is 0.195 e. The first kappa shape index (κ1) is 7.08. The van der Waals surface area contributed by atoms with Gasteiger partial charge in [-0.2, -0.15) is 0 Å². The Labute approximate surface area is 60.4 Å². The Bertz CT molecular complexity index is 219. The molecule has 0 spiro atoms. The molecule has 1 aliphatic carbocycles. The van der Waals surface area contributed by atoms with Gasteiger partial charge < -0.3 is 0 Å². The van der Waals surface area contributed by atoms with Crippen LogP contribution in [0, 0.1) is 18.3 Å². The summed E-state index contributed by atoms with van der Waals surface area (Å²) in [5, 5.41) is 0. The lowest BCUT2D eigenvalue weighted by Gasteiger charge is -2.22. The number of terminal acetylenes is 1. The second-order valence-corrected chi connectivity index (χ2v) is 2.45. The molecule has 0 N–H and O–H groups in total. The Kier molecular flexibility index (Phi) is 1.63. The Balaban J connectivity index is 2.91. The molecule has 2 atom stereocenters. The van der Waals surface area contributed by atoms with Crippen molar-refractivity contribution in [2.75, 3.05) is 0 Å². The summed E-state index contributed by atoms with van der Waals surface area (Å²) in [4.78, 5) is 0. The van der Waals surface area contributed by atoms with Crippen LogP contribution in [0.4, 0.5) is 4.39 Å². The molecule has 52 valence electrons. The van der Waals surface area contributed by atoms with Crippen molar-refractivity contribution in [3.05, 3.63) is 24.3 Å². The third-order valence-corrected chi connectivity index (χ3v) is 1.73. The average Bonchev–Trinajstić information content (AvgIpc) is 1.96. The van der Waals surface area contributed by atoms with Gasteiger partial charge in [0.05, 0.1) is 0 Å². The van der Waals surface area contributed by atoms with Crippen LogP contribution in [0.5, 0.6) is 0 Å². The molecule has 0 nitrogen and oxygen atoms in total. The van der Waals surface area contributed by atoms with Gasteiger partial charge in [0.25, 0.3) is 0 Å². The van der Waals surface area contributed by atoms with Crippen molar-refractivity contribution in [3.63, 3.8) is 0 Å². The van der Waals surface area contributed by atoms with Crippen molar-refractivity contribution in [1.29, 1.82) is 0 Å². The second kappa shape index (κ2) is 2.30. The first-order valence-corrected chi connectivity index (χ1v) is 3.22. The van der Waals surface area contributed by atoms with Crippen LogP contribution in [-0.4, -0.2) is 5.67 Å². The minimum atomic E-state index is -1.56. The van der Waals surface area contributed by atoms with Gasteiger partial charge in [0, 0.05) is 5.92 Å². The molecule has 0 bridgehead atoms. The molecule has 10 heavy (non-hydrogen) atoms. The first-order valence-electron chi connectivity index (χ1n) is 3.22. The van der Waals surface area contributed by atoms with Gasteiger partial charge in [-0.25, -0.2) is 4.39 Å². The van der Waals surface area contributed by atoms with Crippen molar-refractivity contribution < 1.29 is 4.39 Å². The van der Waals surface area contributed by atoms with E-state index in [-0.39, 0.29) is 5.92 Å². The molecule has 0 saturated carbocycles. The molecule has 0 fully saturated rings. The zero-order valence-corrected chi connectivity index (χ0v) is 5.84. The Morgan fingerprint density at radius 1 is 1.60 bits per heavy atom. The third kappa shape index (κ3) is 0.974. The third-order valence-electron chi connectivity index (χ3n) is 1.73. The average molecular weight is 136 g/mol. The van der Waals surface area contributed by atoms with Crippen LogP contribution in [0.25, 0.3) is 0 Å². The number of alkyl halides is 1. The number of rotatable bonds is 0. The lowest BCUT2D eigenvalue weighted by molar-refractivity contribution is 0.250. The fourth-order valence-electron chi connectivity index (χ4n) is 0.898. The van der Waals surface area contributed by atoms with Gasteiger partial charge in [-0.1, -0.05) is 31.1 Å². The molecule has 0 amide bonds. The lowest BCUT2D eigenvalue weighted by atomic mass is 9.88. The number of hydrogen-bond acceptors (Lipinski definition) is 0. The number of allylic oxidation sites excluding steroid dienone is 4. The number of halogens is 1. The van der Waals surface area contributed by atoms with E-state index < -0.39 is 5.67 Å². The minimum absolute atomic E-state index is 0.206. The van der Waals surface area contributed by atoms with E-state index in [2.05, 4.69) is 5.92 Å². The summed E-state index contributed by atoms with van der Waals surface area (Å²) in [6.45, 7) is 1.76. The van der Waals surface area contributed by atoms with Gasteiger partial charge in [-0.3, -0.25) is 0 Å². The van der Waals surface area contributed by atoms with Crippen LogP contribution in [0.2, 0.25) is 0 Å². The van der Waals surface area contributed by atoms with Crippen molar-refractivity contribution >= 4 is 0 Å². The second-order valence-electron chi connectivity index (χ2n) is 2.45. The van der Waals surface area contributed by atoms with Crippen LogP contribution >= 0.6 is 0 Å². The molecule has 0 aromatic carbocycles. The van der Waals surface area contributed by atoms with Crippen LogP contribution in [-0.2, 0) is 0 Å². The highest BCUT2D eigenvalue weighted by atomic mass is 19.1. The highest BCUT2D eigenvalue weighted by Gasteiger charge is 2.30. The number of hydrogen-bond donors (Lipinski definition) is 0. The summed E-state index contributed by atoms with van der Waals surface area (Å²) in [6, 6.07) is 0. The fourth-order valence-corrected chi connectivity index (χ4v) is 0.898. The normalized spacial score (nSPS) is 37.5. The molecule has 0 aliphatic heterocycles. The highest BCUT2D eigenvalue weighted by Crippen LogP contribution is 2.27. The SMILES string of the molecule is C#CC1(F)C=CC=CC1C. The van der Waals surface area contributed by atoms with Crippen LogP contribution in [0.1, 0.15) is 6.92 Å². The topological polar surface area (TPSA) is 0 Å². The van der Waals surface area contributed by atoms with Crippen LogP contribution < -0.4 is 0 Å². The monoisotopic (exact) mass is 136 g/mol. The Hall–Kier alpha value is -1.03. The summed E-state index contributed by atoms with van der Waals surface area (Å²) in [6.07, 6.45) is 11.6. The van der Waals surface area contributed by atoms with Gasteiger partial charge in [0.1, 0.15) is 0 Å². The van der Waals surface area contributed by atoms with Crippen molar-refractivity contribution in [1.82, 2.24) is 0 Å². The van der Waals surface area contributed by atoms with E-state index >= 15 is 0 Å². The molecule has 0 saturated heterocycles. The van der Waals surface area contributed by atoms with E-state index in [1.807, 2.05) is 0 Å².